The molecule has 1 aliphatic heterocycles. The van der Waals surface area contributed by atoms with E-state index in [2.05, 4.69) is 17.0 Å². The Hall–Kier alpha value is -2.38. The predicted molar refractivity (Wildman–Crippen MR) is 99.5 cm³/mol. The van der Waals surface area contributed by atoms with Crippen LogP contribution in [-0.4, -0.2) is 25.4 Å². The zero-order chi connectivity index (χ0) is 17.4. The Morgan fingerprint density at radius 2 is 1.84 bits per heavy atom. The zero-order valence-corrected chi connectivity index (χ0v) is 15.3. The minimum atomic E-state index is 0.208. The molecule has 2 aromatic carbocycles. The summed E-state index contributed by atoms with van der Waals surface area (Å²) in [5, 5.41) is 0. The first-order valence-electron chi connectivity index (χ1n) is 7.51. The highest BCUT2D eigenvalue weighted by Crippen LogP contribution is 2.45. The van der Waals surface area contributed by atoms with Crippen molar-refractivity contribution in [2.45, 2.75) is 4.90 Å². The van der Waals surface area contributed by atoms with E-state index in [4.69, 9.17) is 18.9 Å². The number of ether oxygens (including phenoxy) is 4. The summed E-state index contributed by atoms with van der Waals surface area (Å²) >= 11 is 5.87. The maximum atomic E-state index is 5.49. The van der Waals surface area contributed by atoms with Crippen LogP contribution in [0.2, 0.25) is 0 Å². The van der Waals surface area contributed by atoms with Crippen LogP contribution >= 0.6 is 24.2 Å². The molecule has 0 spiro atoms. The van der Waals surface area contributed by atoms with E-state index in [1.807, 2.05) is 36.4 Å². The van der Waals surface area contributed by atoms with Gasteiger partial charge >= 0.3 is 0 Å². The van der Waals surface area contributed by atoms with Gasteiger partial charge in [-0.1, -0.05) is 0 Å². The van der Waals surface area contributed by atoms with E-state index in [9.17, 15) is 0 Å². The summed E-state index contributed by atoms with van der Waals surface area (Å²) in [6, 6.07) is 11.7. The smallest absolute Gasteiger partial charge is 0.231 e. The van der Waals surface area contributed by atoms with Gasteiger partial charge in [-0.05, 0) is 47.9 Å². The molecule has 0 saturated heterocycles. The Labute approximate surface area is 154 Å². The normalized spacial score (nSPS) is 12.3. The average Bonchev–Trinajstić information content (AvgIpc) is 3.30. The fourth-order valence-electron chi connectivity index (χ4n) is 2.67. The molecule has 128 valence electrons. The third-order valence-corrected chi connectivity index (χ3v) is 5.12. The Morgan fingerprint density at radius 3 is 2.60 bits per heavy atom. The molecule has 4 rings (SSSR count). The summed E-state index contributed by atoms with van der Waals surface area (Å²) in [6.07, 6.45) is 0. The Balaban J connectivity index is 1.71. The average molecular weight is 373 g/mol. The molecule has 2 heterocycles. The molecule has 0 saturated carbocycles. The summed E-state index contributed by atoms with van der Waals surface area (Å²) in [5.74, 6) is 2.72. The van der Waals surface area contributed by atoms with Crippen LogP contribution in [0.3, 0.4) is 0 Å². The highest BCUT2D eigenvalue weighted by molar-refractivity contribution is 7.80. The van der Waals surface area contributed by atoms with Crippen molar-refractivity contribution < 1.29 is 18.9 Å². The molecule has 0 aliphatic carbocycles. The fourth-order valence-corrected chi connectivity index (χ4v) is 3.72. The molecule has 0 amide bonds. The lowest BCUT2D eigenvalue weighted by Crippen LogP contribution is -1.93. The van der Waals surface area contributed by atoms with Gasteiger partial charge in [0, 0.05) is 16.0 Å². The summed E-state index contributed by atoms with van der Waals surface area (Å²) in [5.41, 5.74) is 2.85. The lowest BCUT2D eigenvalue weighted by Gasteiger charge is -2.06. The van der Waals surface area contributed by atoms with Crippen molar-refractivity contribution in [1.82, 2.24) is 4.37 Å². The van der Waals surface area contributed by atoms with E-state index in [0.717, 1.165) is 32.3 Å². The van der Waals surface area contributed by atoms with Crippen LogP contribution in [0, 0.1) is 0 Å². The number of hydrogen-bond acceptors (Lipinski definition) is 7. The second-order valence-electron chi connectivity index (χ2n) is 5.38. The van der Waals surface area contributed by atoms with Crippen molar-refractivity contribution in [2.75, 3.05) is 21.0 Å². The molecule has 0 fully saturated rings. The van der Waals surface area contributed by atoms with Gasteiger partial charge in [0.15, 0.2) is 11.5 Å². The monoisotopic (exact) mass is 373 g/mol. The fraction of sp³-hybridized carbons (Fsp3) is 0.167. The maximum absolute atomic E-state index is 5.49. The molecule has 3 aromatic rings. The van der Waals surface area contributed by atoms with Crippen LogP contribution in [0.4, 0.5) is 0 Å². The van der Waals surface area contributed by atoms with Gasteiger partial charge in [0.25, 0.3) is 0 Å². The van der Waals surface area contributed by atoms with Gasteiger partial charge in [-0.15, -0.1) is 12.6 Å². The number of methoxy groups -OCH3 is 2. The Kier molecular flexibility index (Phi) is 4.19. The van der Waals surface area contributed by atoms with Gasteiger partial charge in [-0.2, -0.15) is 4.37 Å². The third-order valence-electron chi connectivity index (χ3n) is 3.93. The maximum Gasteiger partial charge on any atom is 0.231 e. The van der Waals surface area contributed by atoms with E-state index in [1.54, 1.807) is 14.2 Å². The zero-order valence-electron chi connectivity index (χ0n) is 13.6. The molecular weight excluding hydrogens is 358 g/mol. The number of hydrogen-bond donors (Lipinski definition) is 1. The molecule has 0 bridgehead atoms. The summed E-state index contributed by atoms with van der Waals surface area (Å²) in [7, 11) is 3.24. The van der Waals surface area contributed by atoms with E-state index in [-0.39, 0.29) is 6.79 Å². The van der Waals surface area contributed by atoms with Gasteiger partial charge in [0.2, 0.25) is 12.5 Å². The SMILES string of the molecule is COc1ccc(-c2cc(-c3cc(OC)c4c(c3)OCO4)sn2)cc1S. The number of aromatic nitrogens is 1. The first-order valence-corrected chi connectivity index (χ1v) is 8.73. The van der Waals surface area contributed by atoms with Crippen LogP contribution in [0.15, 0.2) is 41.3 Å². The largest absolute Gasteiger partial charge is 0.496 e. The van der Waals surface area contributed by atoms with E-state index in [0.29, 0.717) is 17.2 Å². The summed E-state index contributed by atoms with van der Waals surface area (Å²) in [4.78, 5) is 1.79. The first-order chi connectivity index (χ1) is 12.2. The molecule has 1 aliphatic rings. The van der Waals surface area contributed by atoms with Gasteiger partial charge in [-0.3, -0.25) is 0 Å². The van der Waals surface area contributed by atoms with E-state index in [1.165, 1.54) is 11.5 Å². The highest BCUT2D eigenvalue weighted by atomic mass is 32.1. The number of thiol groups is 1. The quantitative estimate of drug-likeness (QED) is 0.682. The molecule has 0 atom stereocenters. The molecule has 7 heteroatoms. The number of fused-ring (bicyclic) bond motifs is 1. The lowest BCUT2D eigenvalue weighted by molar-refractivity contribution is 0.171. The van der Waals surface area contributed by atoms with Gasteiger partial charge in [-0.25, -0.2) is 0 Å². The molecule has 5 nitrogen and oxygen atoms in total. The topological polar surface area (TPSA) is 49.8 Å². The Morgan fingerprint density at radius 1 is 1.00 bits per heavy atom. The molecular formula is C18H15NO4S2. The molecule has 0 radical (unpaired) electrons. The van der Waals surface area contributed by atoms with E-state index < -0.39 is 0 Å². The Bertz CT molecular complexity index is 939. The first kappa shape index (κ1) is 16.1. The van der Waals surface area contributed by atoms with Crippen LogP contribution in [0.5, 0.6) is 23.0 Å². The number of nitrogens with zero attached hydrogens (tertiary/aromatic N) is 1. The highest BCUT2D eigenvalue weighted by Gasteiger charge is 2.21. The number of rotatable bonds is 4. The third kappa shape index (κ3) is 2.89. The van der Waals surface area contributed by atoms with Crippen LogP contribution in [0.25, 0.3) is 21.7 Å². The molecule has 0 unspecified atom stereocenters. The van der Waals surface area contributed by atoms with Crippen LogP contribution in [-0.2, 0) is 0 Å². The minimum absolute atomic E-state index is 0.208. The minimum Gasteiger partial charge on any atom is -0.496 e. The lowest BCUT2D eigenvalue weighted by atomic mass is 10.1. The van der Waals surface area contributed by atoms with Crippen molar-refractivity contribution >= 4 is 24.2 Å². The van der Waals surface area contributed by atoms with Crippen molar-refractivity contribution in [1.29, 1.82) is 0 Å². The van der Waals surface area contributed by atoms with Crippen LogP contribution in [0.1, 0.15) is 0 Å². The molecule has 1 aromatic heterocycles. The van der Waals surface area contributed by atoms with Gasteiger partial charge < -0.3 is 18.9 Å². The van der Waals surface area contributed by atoms with Crippen LogP contribution < -0.4 is 18.9 Å². The van der Waals surface area contributed by atoms with Crippen molar-refractivity contribution in [3.05, 3.63) is 36.4 Å². The summed E-state index contributed by atoms with van der Waals surface area (Å²) < 4.78 is 26.1. The number of benzene rings is 2. The molecule has 25 heavy (non-hydrogen) atoms. The van der Waals surface area contributed by atoms with Crippen molar-refractivity contribution in [2.24, 2.45) is 0 Å². The second kappa shape index (κ2) is 6.50. The van der Waals surface area contributed by atoms with Crippen molar-refractivity contribution in [3.8, 4) is 44.7 Å². The van der Waals surface area contributed by atoms with Gasteiger partial charge in [0.05, 0.1) is 24.8 Å². The summed E-state index contributed by atoms with van der Waals surface area (Å²) in [6.45, 7) is 0.208. The van der Waals surface area contributed by atoms with Gasteiger partial charge in [0.1, 0.15) is 5.75 Å². The molecule has 0 N–H and O–H groups in total. The predicted octanol–water partition coefficient (Wildman–Crippen LogP) is 4.51. The van der Waals surface area contributed by atoms with Crippen molar-refractivity contribution in [3.63, 3.8) is 0 Å². The standard InChI is InChI=1S/C18H15NO4S2/c1-20-13-4-3-10(7-16(13)24)12-8-17(25-19-12)11-5-14(21-2)18-15(6-11)22-9-23-18/h3-8,24H,9H2,1-2H3. The van der Waals surface area contributed by atoms with E-state index >= 15 is 0 Å². The second-order valence-corrected chi connectivity index (χ2v) is 6.66.